The van der Waals surface area contributed by atoms with Gasteiger partial charge in [-0.05, 0) is 38.3 Å². The third-order valence-electron chi connectivity index (χ3n) is 3.66. The number of anilines is 2. The van der Waals surface area contributed by atoms with Gasteiger partial charge in [0.15, 0.2) is 0 Å². The number of nitrogens with one attached hydrogen (secondary N) is 2. The molecule has 0 aromatic heterocycles. The van der Waals surface area contributed by atoms with Crippen LogP contribution in [0.4, 0.5) is 16.2 Å². The van der Waals surface area contributed by atoms with E-state index in [1.807, 2.05) is 19.1 Å². The molecule has 120 valence electrons. The lowest BCUT2D eigenvalue weighted by Crippen LogP contribution is -2.32. The quantitative estimate of drug-likeness (QED) is 0.780. The van der Waals surface area contributed by atoms with Crippen molar-refractivity contribution >= 4 is 23.3 Å². The van der Waals surface area contributed by atoms with Crippen LogP contribution in [0.3, 0.4) is 0 Å². The van der Waals surface area contributed by atoms with Crippen molar-refractivity contribution in [3.05, 3.63) is 24.3 Å². The van der Waals surface area contributed by atoms with Crippen molar-refractivity contribution in [2.45, 2.75) is 38.6 Å². The Morgan fingerprint density at radius 1 is 1.18 bits per heavy atom. The molecule has 0 aliphatic carbocycles. The molecule has 0 radical (unpaired) electrons. The van der Waals surface area contributed by atoms with E-state index in [9.17, 15) is 9.59 Å². The number of rotatable bonds is 5. The number of carbonyl (C=O) groups is 2. The summed E-state index contributed by atoms with van der Waals surface area (Å²) < 4.78 is 0. The number of urea groups is 1. The standard InChI is InChI=1S/C16H24N4O2/c1-12(17)8-9-15(21)18-13-6-2-3-7-14(13)19-16(22)20-10-4-5-11-20/h2-3,6-7,12H,4-5,8-11,17H2,1H3,(H,18,21)(H,19,22). The summed E-state index contributed by atoms with van der Waals surface area (Å²) in [6, 6.07) is 7.10. The Morgan fingerprint density at radius 2 is 1.77 bits per heavy atom. The molecule has 22 heavy (non-hydrogen) atoms. The van der Waals surface area contributed by atoms with Gasteiger partial charge in [0.05, 0.1) is 11.4 Å². The molecule has 4 N–H and O–H groups in total. The van der Waals surface area contributed by atoms with Crippen LogP contribution in [0, 0.1) is 0 Å². The molecule has 6 nitrogen and oxygen atoms in total. The Labute approximate surface area is 131 Å². The van der Waals surface area contributed by atoms with Crippen LogP contribution in [0.25, 0.3) is 0 Å². The molecule has 1 aliphatic rings. The van der Waals surface area contributed by atoms with Crippen LogP contribution in [0.1, 0.15) is 32.6 Å². The maximum absolute atomic E-state index is 12.2. The molecule has 1 atom stereocenters. The van der Waals surface area contributed by atoms with Crippen LogP contribution in [0.5, 0.6) is 0 Å². The molecule has 1 aromatic rings. The summed E-state index contributed by atoms with van der Waals surface area (Å²) in [6.07, 6.45) is 3.09. The SMILES string of the molecule is CC(N)CCC(=O)Nc1ccccc1NC(=O)N1CCCC1. The largest absolute Gasteiger partial charge is 0.328 e. The first kappa shape index (κ1) is 16.3. The zero-order valence-electron chi connectivity index (χ0n) is 13.0. The summed E-state index contributed by atoms with van der Waals surface area (Å²) in [4.78, 5) is 25.9. The van der Waals surface area contributed by atoms with Crippen LogP contribution in [0.15, 0.2) is 24.3 Å². The van der Waals surface area contributed by atoms with E-state index in [1.54, 1.807) is 17.0 Å². The second-order valence-corrected chi connectivity index (χ2v) is 5.73. The van der Waals surface area contributed by atoms with Gasteiger partial charge in [-0.25, -0.2) is 4.79 Å². The van der Waals surface area contributed by atoms with Crippen LogP contribution < -0.4 is 16.4 Å². The first-order valence-corrected chi connectivity index (χ1v) is 7.76. The minimum Gasteiger partial charge on any atom is -0.328 e. The predicted octanol–water partition coefficient (Wildman–Crippen LogP) is 2.38. The number of nitrogens with two attached hydrogens (primary N) is 1. The lowest BCUT2D eigenvalue weighted by Gasteiger charge is -2.18. The van der Waals surface area contributed by atoms with Crippen LogP contribution >= 0.6 is 0 Å². The van der Waals surface area contributed by atoms with E-state index in [-0.39, 0.29) is 18.0 Å². The highest BCUT2D eigenvalue weighted by atomic mass is 16.2. The number of para-hydroxylation sites is 2. The van der Waals surface area contributed by atoms with Gasteiger partial charge in [-0.2, -0.15) is 0 Å². The molecular formula is C16H24N4O2. The molecule has 0 saturated carbocycles. The number of hydrogen-bond donors (Lipinski definition) is 3. The molecule has 1 aromatic carbocycles. The van der Waals surface area contributed by atoms with Crippen molar-refractivity contribution in [3.63, 3.8) is 0 Å². The Morgan fingerprint density at radius 3 is 2.36 bits per heavy atom. The second kappa shape index (κ2) is 7.79. The summed E-state index contributed by atoms with van der Waals surface area (Å²) in [5.41, 5.74) is 6.89. The fourth-order valence-electron chi connectivity index (χ4n) is 2.39. The fourth-order valence-corrected chi connectivity index (χ4v) is 2.39. The molecule has 0 bridgehead atoms. The number of benzene rings is 1. The van der Waals surface area contributed by atoms with Gasteiger partial charge < -0.3 is 21.3 Å². The van der Waals surface area contributed by atoms with Gasteiger partial charge in [0, 0.05) is 25.6 Å². The van der Waals surface area contributed by atoms with Gasteiger partial charge in [-0.15, -0.1) is 0 Å². The molecule has 6 heteroatoms. The van der Waals surface area contributed by atoms with Gasteiger partial charge in [-0.1, -0.05) is 12.1 Å². The molecule has 2 rings (SSSR count). The van der Waals surface area contributed by atoms with E-state index in [1.165, 1.54) is 0 Å². The molecule has 3 amide bonds. The summed E-state index contributed by atoms with van der Waals surface area (Å²) in [6.45, 7) is 3.45. The number of hydrogen-bond acceptors (Lipinski definition) is 3. The Kier molecular flexibility index (Phi) is 5.77. The second-order valence-electron chi connectivity index (χ2n) is 5.73. The van der Waals surface area contributed by atoms with Crippen molar-refractivity contribution in [3.8, 4) is 0 Å². The minimum atomic E-state index is -0.116. The van der Waals surface area contributed by atoms with Gasteiger partial charge in [0.25, 0.3) is 0 Å². The van der Waals surface area contributed by atoms with Gasteiger partial charge in [0.1, 0.15) is 0 Å². The van der Waals surface area contributed by atoms with E-state index >= 15 is 0 Å². The van der Waals surface area contributed by atoms with Crippen LogP contribution in [-0.2, 0) is 4.79 Å². The van der Waals surface area contributed by atoms with E-state index in [2.05, 4.69) is 10.6 Å². The molecule has 1 fully saturated rings. The van der Waals surface area contributed by atoms with E-state index < -0.39 is 0 Å². The number of amides is 3. The lowest BCUT2D eigenvalue weighted by molar-refractivity contribution is -0.116. The van der Waals surface area contributed by atoms with Crippen molar-refractivity contribution < 1.29 is 9.59 Å². The topological polar surface area (TPSA) is 87.5 Å². The number of nitrogens with zero attached hydrogens (tertiary/aromatic N) is 1. The normalized spacial score (nSPS) is 15.5. The Bertz CT molecular complexity index is 525. The van der Waals surface area contributed by atoms with Crippen molar-refractivity contribution in [1.29, 1.82) is 0 Å². The minimum absolute atomic E-state index is 0.00383. The zero-order valence-corrected chi connectivity index (χ0v) is 13.0. The Hall–Kier alpha value is -2.08. The summed E-state index contributed by atoms with van der Waals surface area (Å²) in [5, 5.41) is 5.70. The van der Waals surface area contributed by atoms with Crippen molar-refractivity contribution in [1.82, 2.24) is 4.90 Å². The summed E-state index contributed by atoms with van der Waals surface area (Å²) >= 11 is 0. The average Bonchev–Trinajstić information content (AvgIpc) is 3.01. The summed E-state index contributed by atoms with van der Waals surface area (Å²) in [5.74, 6) is -0.0971. The first-order chi connectivity index (χ1) is 10.6. The average molecular weight is 304 g/mol. The third-order valence-corrected chi connectivity index (χ3v) is 3.66. The molecule has 1 unspecified atom stereocenters. The fraction of sp³-hybridized carbons (Fsp3) is 0.500. The molecule has 0 spiro atoms. The third kappa shape index (κ3) is 4.73. The predicted molar refractivity (Wildman–Crippen MR) is 87.8 cm³/mol. The first-order valence-electron chi connectivity index (χ1n) is 7.76. The zero-order chi connectivity index (χ0) is 15.9. The Balaban J connectivity index is 1.97. The van der Waals surface area contributed by atoms with Gasteiger partial charge in [-0.3, -0.25) is 4.79 Å². The maximum atomic E-state index is 12.2. The maximum Gasteiger partial charge on any atom is 0.321 e. The van der Waals surface area contributed by atoms with Crippen LogP contribution in [0.2, 0.25) is 0 Å². The highest BCUT2D eigenvalue weighted by Gasteiger charge is 2.18. The van der Waals surface area contributed by atoms with Crippen LogP contribution in [-0.4, -0.2) is 36.0 Å². The molecule has 1 aliphatic heterocycles. The smallest absolute Gasteiger partial charge is 0.321 e. The van der Waals surface area contributed by atoms with E-state index in [0.29, 0.717) is 24.2 Å². The van der Waals surface area contributed by atoms with Crippen molar-refractivity contribution in [2.24, 2.45) is 5.73 Å². The van der Waals surface area contributed by atoms with E-state index in [0.717, 1.165) is 25.9 Å². The molecule has 1 heterocycles. The lowest BCUT2D eigenvalue weighted by atomic mass is 10.2. The monoisotopic (exact) mass is 304 g/mol. The highest BCUT2D eigenvalue weighted by Crippen LogP contribution is 2.22. The van der Waals surface area contributed by atoms with Gasteiger partial charge in [0.2, 0.25) is 5.91 Å². The highest BCUT2D eigenvalue weighted by molar-refractivity contribution is 5.99. The van der Waals surface area contributed by atoms with Gasteiger partial charge >= 0.3 is 6.03 Å². The molecule has 1 saturated heterocycles. The summed E-state index contributed by atoms with van der Waals surface area (Å²) in [7, 11) is 0. The number of carbonyl (C=O) groups excluding carboxylic acids is 2. The van der Waals surface area contributed by atoms with Crippen molar-refractivity contribution in [2.75, 3.05) is 23.7 Å². The van der Waals surface area contributed by atoms with E-state index in [4.69, 9.17) is 5.73 Å². The molecular weight excluding hydrogens is 280 g/mol. The number of likely N-dealkylation sites (tertiary alicyclic amines) is 1.